The van der Waals surface area contributed by atoms with Gasteiger partial charge in [-0.3, -0.25) is 14.9 Å². The Labute approximate surface area is 114 Å². The smallest absolute Gasteiger partial charge is 0.288 e. The maximum atomic E-state index is 12.3. The molecule has 0 aliphatic carbocycles. The monoisotopic (exact) mass is 281 g/mol. The summed E-state index contributed by atoms with van der Waals surface area (Å²) < 4.78 is 0. The van der Waals surface area contributed by atoms with Crippen LogP contribution >= 0.6 is 11.6 Å². The van der Waals surface area contributed by atoms with E-state index in [1.165, 1.54) is 11.6 Å². The molecule has 0 bridgehead atoms. The van der Waals surface area contributed by atoms with Gasteiger partial charge in [-0.05, 0) is 13.3 Å². The Morgan fingerprint density at radius 1 is 1.58 bits per heavy atom. The van der Waals surface area contributed by atoms with Crippen molar-refractivity contribution >= 4 is 23.2 Å². The minimum atomic E-state index is -0.597. The summed E-state index contributed by atoms with van der Waals surface area (Å²) in [6.45, 7) is 3.08. The minimum Gasteiger partial charge on any atom is -0.334 e. The molecule has 2 rings (SSSR count). The highest BCUT2D eigenvalue weighted by molar-refractivity contribution is 6.32. The van der Waals surface area contributed by atoms with Crippen LogP contribution in [0.3, 0.4) is 0 Å². The zero-order valence-electron chi connectivity index (χ0n) is 10.3. The van der Waals surface area contributed by atoms with E-state index < -0.39 is 4.92 Å². The van der Waals surface area contributed by atoms with Crippen molar-refractivity contribution < 1.29 is 9.72 Å². The average Bonchev–Trinajstić information content (AvgIpc) is 2.39. The van der Waals surface area contributed by atoms with Gasteiger partial charge in [0.1, 0.15) is 11.3 Å². The molecule has 0 unspecified atom stereocenters. The van der Waals surface area contributed by atoms with Gasteiger partial charge in [0.15, 0.2) is 0 Å². The molecule has 1 aromatic heterocycles. The zero-order valence-corrected chi connectivity index (χ0v) is 11.1. The van der Waals surface area contributed by atoms with Gasteiger partial charge in [0, 0.05) is 19.2 Å². The van der Waals surface area contributed by atoms with Gasteiger partial charge < -0.3 is 4.90 Å². The van der Waals surface area contributed by atoms with Crippen LogP contribution in [0.1, 0.15) is 23.7 Å². The molecule has 0 N–H and O–H groups in total. The molecule has 0 aromatic carbocycles. The van der Waals surface area contributed by atoms with Crippen LogP contribution in [0.15, 0.2) is 23.9 Å². The number of pyridine rings is 1. The molecule has 1 aromatic rings. The second kappa shape index (κ2) is 5.36. The Bertz CT molecular complexity index is 571. The summed E-state index contributed by atoms with van der Waals surface area (Å²) in [5.41, 5.74) is 1.06. The van der Waals surface area contributed by atoms with Crippen LogP contribution in [-0.4, -0.2) is 33.8 Å². The Morgan fingerprint density at radius 2 is 2.32 bits per heavy atom. The molecular weight excluding hydrogens is 270 g/mol. The van der Waals surface area contributed by atoms with E-state index in [1.807, 2.05) is 13.0 Å². The lowest BCUT2D eigenvalue weighted by molar-refractivity contribution is -0.385. The number of carbonyl (C=O) groups excluding carboxylic acids is 1. The van der Waals surface area contributed by atoms with Crippen molar-refractivity contribution in [2.75, 3.05) is 13.1 Å². The molecule has 6 nitrogen and oxygen atoms in total. The number of rotatable bonds is 2. The van der Waals surface area contributed by atoms with Crippen molar-refractivity contribution in [2.45, 2.75) is 13.3 Å². The zero-order chi connectivity index (χ0) is 14.0. The van der Waals surface area contributed by atoms with Gasteiger partial charge in [-0.15, -0.1) is 0 Å². The lowest BCUT2D eigenvalue weighted by atomic mass is 10.1. The topological polar surface area (TPSA) is 76.3 Å². The van der Waals surface area contributed by atoms with Crippen molar-refractivity contribution in [2.24, 2.45) is 0 Å². The molecular formula is C12H12ClN3O3. The first kappa shape index (κ1) is 13.5. The van der Waals surface area contributed by atoms with E-state index in [-0.39, 0.29) is 22.3 Å². The molecule has 100 valence electrons. The second-order valence-corrected chi connectivity index (χ2v) is 4.70. The molecule has 2 heterocycles. The third-order valence-electron chi connectivity index (χ3n) is 2.99. The summed E-state index contributed by atoms with van der Waals surface area (Å²) in [4.78, 5) is 27.6. The predicted octanol–water partition coefficient (Wildman–Crippen LogP) is 2.44. The first-order valence-corrected chi connectivity index (χ1v) is 6.11. The van der Waals surface area contributed by atoms with Crippen LogP contribution in [0.4, 0.5) is 5.69 Å². The van der Waals surface area contributed by atoms with Crippen molar-refractivity contribution in [3.63, 3.8) is 0 Å². The van der Waals surface area contributed by atoms with Gasteiger partial charge in [-0.25, -0.2) is 4.98 Å². The Hall–Kier alpha value is -1.95. The van der Waals surface area contributed by atoms with Gasteiger partial charge in [-0.1, -0.05) is 23.3 Å². The SMILES string of the molecule is CC1=CCN(C(=O)c2cc([N+](=O)[O-])cnc2Cl)CC1. The summed E-state index contributed by atoms with van der Waals surface area (Å²) in [5, 5.41) is 10.7. The normalized spacial score (nSPS) is 15.1. The molecule has 1 aliphatic heterocycles. The summed E-state index contributed by atoms with van der Waals surface area (Å²) in [5.74, 6) is -0.329. The molecule has 0 saturated heterocycles. The number of amides is 1. The van der Waals surface area contributed by atoms with E-state index in [1.54, 1.807) is 4.90 Å². The highest BCUT2D eigenvalue weighted by atomic mass is 35.5. The maximum absolute atomic E-state index is 12.3. The molecule has 0 atom stereocenters. The fourth-order valence-corrected chi connectivity index (χ4v) is 2.00. The van der Waals surface area contributed by atoms with Crippen LogP contribution in [0.25, 0.3) is 0 Å². The lowest BCUT2D eigenvalue weighted by Crippen LogP contribution is -2.34. The fourth-order valence-electron chi connectivity index (χ4n) is 1.81. The first-order chi connectivity index (χ1) is 8.99. The largest absolute Gasteiger partial charge is 0.334 e. The number of aromatic nitrogens is 1. The van der Waals surface area contributed by atoms with E-state index >= 15 is 0 Å². The third kappa shape index (κ3) is 2.90. The standard InChI is InChI=1S/C12H12ClN3O3/c1-8-2-4-15(5-3-8)12(17)10-6-9(16(18)19)7-14-11(10)13/h2,6-7H,3-5H2,1H3. The third-order valence-corrected chi connectivity index (χ3v) is 3.29. The Kier molecular flexibility index (Phi) is 3.80. The van der Waals surface area contributed by atoms with Crippen molar-refractivity contribution in [1.29, 1.82) is 0 Å². The van der Waals surface area contributed by atoms with Gasteiger partial charge in [0.2, 0.25) is 0 Å². The van der Waals surface area contributed by atoms with Gasteiger partial charge >= 0.3 is 0 Å². The molecule has 7 heteroatoms. The Morgan fingerprint density at radius 3 is 2.89 bits per heavy atom. The molecule has 19 heavy (non-hydrogen) atoms. The van der Waals surface area contributed by atoms with Gasteiger partial charge in [-0.2, -0.15) is 0 Å². The first-order valence-electron chi connectivity index (χ1n) is 5.74. The van der Waals surface area contributed by atoms with E-state index in [9.17, 15) is 14.9 Å². The minimum absolute atomic E-state index is 0.0122. The quantitative estimate of drug-likeness (QED) is 0.361. The van der Waals surface area contributed by atoms with Crippen LogP contribution in [0.5, 0.6) is 0 Å². The predicted molar refractivity (Wildman–Crippen MR) is 70.2 cm³/mol. The molecule has 1 aliphatic rings. The van der Waals surface area contributed by atoms with Crippen molar-refractivity contribution in [3.8, 4) is 0 Å². The van der Waals surface area contributed by atoms with Gasteiger partial charge in [0.05, 0.1) is 10.5 Å². The average molecular weight is 282 g/mol. The molecule has 0 fully saturated rings. The van der Waals surface area contributed by atoms with E-state index in [0.29, 0.717) is 13.1 Å². The number of halogens is 1. The summed E-state index contributed by atoms with van der Waals surface area (Å²) >= 11 is 5.85. The number of carbonyl (C=O) groups is 1. The number of hydrogen-bond donors (Lipinski definition) is 0. The lowest BCUT2D eigenvalue weighted by Gasteiger charge is -2.25. The second-order valence-electron chi connectivity index (χ2n) is 4.34. The molecule has 0 radical (unpaired) electrons. The van der Waals surface area contributed by atoms with Crippen LogP contribution < -0.4 is 0 Å². The maximum Gasteiger partial charge on any atom is 0.288 e. The van der Waals surface area contributed by atoms with Crippen LogP contribution in [-0.2, 0) is 0 Å². The van der Waals surface area contributed by atoms with Crippen LogP contribution in [0.2, 0.25) is 5.15 Å². The number of nitrogens with zero attached hydrogens (tertiary/aromatic N) is 3. The van der Waals surface area contributed by atoms with Crippen molar-refractivity contribution in [3.05, 3.63) is 44.7 Å². The van der Waals surface area contributed by atoms with Crippen LogP contribution in [0, 0.1) is 10.1 Å². The Balaban J connectivity index is 2.28. The molecule has 1 amide bonds. The highest BCUT2D eigenvalue weighted by Gasteiger charge is 2.23. The van der Waals surface area contributed by atoms with E-state index in [4.69, 9.17) is 11.6 Å². The summed E-state index contributed by atoms with van der Waals surface area (Å²) in [6.07, 6.45) is 3.80. The number of nitro groups is 1. The number of hydrogen-bond acceptors (Lipinski definition) is 4. The highest BCUT2D eigenvalue weighted by Crippen LogP contribution is 2.22. The van der Waals surface area contributed by atoms with E-state index in [2.05, 4.69) is 4.98 Å². The summed E-state index contributed by atoms with van der Waals surface area (Å²) in [6, 6.07) is 1.17. The fraction of sp³-hybridized carbons (Fsp3) is 0.333. The molecule has 0 saturated carbocycles. The van der Waals surface area contributed by atoms with Gasteiger partial charge in [0.25, 0.3) is 11.6 Å². The van der Waals surface area contributed by atoms with E-state index in [0.717, 1.165) is 12.6 Å². The molecule has 0 spiro atoms. The summed E-state index contributed by atoms with van der Waals surface area (Å²) in [7, 11) is 0. The van der Waals surface area contributed by atoms with Crippen molar-refractivity contribution in [1.82, 2.24) is 9.88 Å².